The van der Waals surface area contributed by atoms with E-state index in [1.807, 2.05) is 0 Å². The number of nitrogens with zero attached hydrogens (tertiary/aromatic N) is 2. The number of likely N-dealkylation sites (N-methyl/N-ethyl adjacent to an activating group) is 1. The van der Waals surface area contributed by atoms with Crippen molar-refractivity contribution in [1.29, 1.82) is 0 Å². The second kappa shape index (κ2) is 8.22. The number of hydrogen-bond donors (Lipinski definition) is 0. The minimum Gasteiger partial charge on any atom is -0.305 e. The van der Waals surface area contributed by atoms with Gasteiger partial charge in [0.25, 0.3) is 0 Å². The molecular formula is C16H25IN2. The normalized spacial score (nSPS) is 17.0. The van der Waals surface area contributed by atoms with Crippen molar-refractivity contribution in [3.8, 4) is 0 Å². The Hall–Kier alpha value is -0.130. The average molecular weight is 370 g/mol. The van der Waals surface area contributed by atoms with Gasteiger partial charge in [-0.1, -0.05) is 18.6 Å². The molecule has 0 aromatic heterocycles. The first kappa shape index (κ1) is 15.3. The second-order valence-corrected chi connectivity index (χ2v) is 6.83. The number of benzene rings is 1. The fourth-order valence-electron chi connectivity index (χ4n) is 2.58. The van der Waals surface area contributed by atoms with Crippen LogP contribution in [0.25, 0.3) is 0 Å². The van der Waals surface area contributed by atoms with Gasteiger partial charge in [-0.3, -0.25) is 0 Å². The summed E-state index contributed by atoms with van der Waals surface area (Å²) in [7, 11) is 2.25. The van der Waals surface area contributed by atoms with Crippen LogP contribution < -0.4 is 0 Å². The van der Waals surface area contributed by atoms with Crippen LogP contribution in [0.3, 0.4) is 0 Å². The minimum absolute atomic E-state index is 1.16. The van der Waals surface area contributed by atoms with Crippen molar-refractivity contribution in [2.24, 2.45) is 0 Å². The molecule has 0 aliphatic carbocycles. The molecule has 1 heterocycles. The van der Waals surface area contributed by atoms with Crippen LogP contribution in [-0.4, -0.2) is 49.6 Å². The summed E-state index contributed by atoms with van der Waals surface area (Å²) >= 11 is 2.36. The fraction of sp³-hybridized carbons (Fsp3) is 0.625. The Labute approximate surface area is 131 Å². The van der Waals surface area contributed by atoms with E-state index < -0.39 is 0 Å². The molecule has 0 saturated carbocycles. The summed E-state index contributed by atoms with van der Waals surface area (Å²) < 4.78 is 1.32. The molecule has 0 bridgehead atoms. The number of likely N-dealkylation sites (tertiary alicyclic amines) is 1. The number of halogens is 1. The van der Waals surface area contributed by atoms with E-state index in [9.17, 15) is 0 Å². The lowest BCUT2D eigenvalue weighted by Crippen LogP contribution is -2.37. The molecule has 19 heavy (non-hydrogen) atoms. The number of hydrogen-bond acceptors (Lipinski definition) is 2. The van der Waals surface area contributed by atoms with Crippen LogP contribution in [0.1, 0.15) is 24.8 Å². The summed E-state index contributed by atoms with van der Waals surface area (Å²) in [6.45, 7) is 6.22. The van der Waals surface area contributed by atoms with E-state index in [0.717, 1.165) is 13.0 Å². The zero-order valence-corrected chi connectivity index (χ0v) is 14.1. The third-order valence-electron chi connectivity index (χ3n) is 3.94. The Morgan fingerprint density at radius 1 is 1.05 bits per heavy atom. The summed E-state index contributed by atoms with van der Waals surface area (Å²) in [5, 5.41) is 0. The maximum absolute atomic E-state index is 2.62. The molecule has 1 saturated heterocycles. The summed E-state index contributed by atoms with van der Waals surface area (Å²) in [6.07, 6.45) is 5.38. The molecule has 1 aliphatic heterocycles. The van der Waals surface area contributed by atoms with Gasteiger partial charge in [0.2, 0.25) is 0 Å². The van der Waals surface area contributed by atoms with E-state index in [2.05, 4.69) is 63.7 Å². The van der Waals surface area contributed by atoms with Crippen LogP contribution in [0.5, 0.6) is 0 Å². The highest BCUT2D eigenvalue weighted by atomic mass is 125. The van der Waals surface area contributed by atoms with E-state index in [0.29, 0.717) is 0 Å². The van der Waals surface area contributed by atoms with Crippen LogP contribution >= 0.6 is 22.6 Å². The van der Waals surface area contributed by atoms with Crippen LogP contribution in [0, 0.1) is 3.57 Å². The van der Waals surface area contributed by atoms with E-state index in [1.54, 1.807) is 0 Å². The van der Waals surface area contributed by atoms with Gasteiger partial charge in [-0.15, -0.1) is 0 Å². The van der Waals surface area contributed by atoms with Crippen molar-refractivity contribution in [2.45, 2.75) is 25.7 Å². The predicted molar refractivity (Wildman–Crippen MR) is 90.7 cm³/mol. The predicted octanol–water partition coefficient (Wildman–Crippen LogP) is 3.25. The molecule has 1 aromatic rings. The SMILES string of the molecule is CN(CCc1ccc([125I])cc1)CCN1CCCCC1. The smallest absolute Gasteiger partial charge is 0.0130 e. The lowest BCUT2D eigenvalue weighted by atomic mass is 10.1. The molecule has 1 aromatic carbocycles. The first-order chi connectivity index (χ1) is 9.24. The standard InChI is InChI=1S/C16H25IN2/c1-18(13-14-19-10-3-2-4-11-19)12-9-15-5-7-16(17)8-6-15/h5-8H,2-4,9-14H2,1H3/i17-2. The maximum Gasteiger partial charge on any atom is 0.0130 e. The van der Waals surface area contributed by atoms with Gasteiger partial charge in [0.05, 0.1) is 0 Å². The summed E-state index contributed by atoms with van der Waals surface area (Å²) in [5.74, 6) is 0. The molecular weight excluding hydrogens is 345 g/mol. The van der Waals surface area contributed by atoms with Gasteiger partial charge in [-0.05, 0) is 79.7 Å². The largest absolute Gasteiger partial charge is 0.305 e. The Bertz CT molecular complexity index is 358. The van der Waals surface area contributed by atoms with Gasteiger partial charge in [0.15, 0.2) is 0 Å². The lowest BCUT2D eigenvalue weighted by molar-refractivity contribution is 0.197. The second-order valence-electron chi connectivity index (χ2n) is 5.58. The monoisotopic (exact) mass is 370 g/mol. The lowest BCUT2D eigenvalue weighted by Gasteiger charge is -2.28. The Morgan fingerprint density at radius 3 is 2.42 bits per heavy atom. The molecule has 2 rings (SSSR count). The highest BCUT2D eigenvalue weighted by molar-refractivity contribution is 14.1. The molecule has 0 atom stereocenters. The quantitative estimate of drug-likeness (QED) is 0.710. The molecule has 0 N–H and O–H groups in total. The molecule has 1 fully saturated rings. The molecule has 1 aliphatic rings. The van der Waals surface area contributed by atoms with Crippen LogP contribution in [0.2, 0.25) is 0 Å². The zero-order chi connectivity index (χ0) is 13.5. The van der Waals surface area contributed by atoms with Gasteiger partial charge >= 0.3 is 0 Å². The van der Waals surface area contributed by atoms with Gasteiger partial charge < -0.3 is 9.80 Å². The molecule has 3 heteroatoms. The fourth-order valence-corrected chi connectivity index (χ4v) is 2.94. The van der Waals surface area contributed by atoms with Crippen molar-refractivity contribution in [1.82, 2.24) is 9.80 Å². The number of piperidine rings is 1. The highest BCUT2D eigenvalue weighted by Gasteiger charge is 2.10. The van der Waals surface area contributed by atoms with E-state index >= 15 is 0 Å². The van der Waals surface area contributed by atoms with Gasteiger partial charge in [0.1, 0.15) is 0 Å². The summed E-state index contributed by atoms with van der Waals surface area (Å²) in [6, 6.07) is 8.90. The Balaban J connectivity index is 1.63. The molecule has 2 nitrogen and oxygen atoms in total. The van der Waals surface area contributed by atoms with E-state index in [-0.39, 0.29) is 0 Å². The first-order valence-electron chi connectivity index (χ1n) is 7.39. The summed E-state index contributed by atoms with van der Waals surface area (Å²) in [4.78, 5) is 5.08. The topological polar surface area (TPSA) is 6.48 Å². The van der Waals surface area contributed by atoms with Crippen molar-refractivity contribution < 1.29 is 0 Å². The third-order valence-corrected chi connectivity index (χ3v) is 4.66. The molecule has 0 unspecified atom stereocenters. The van der Waals surface area contributed by atoms with E-state index in [1.165, 1.54) is 54.6 Å². The molecule has 0 spiro atoms. The van der Waals surface area contributed by atoms with Crippen molar-refractivity contribution in [2.75, 3.05) is 39.8 Å². The van der Waals surface area contributed by atoms with Crippen molar-refractivity contribution in [3.05, 3.63) is 33.4 Å². The third kappa shape index (κ3) is 5.79. The van der Waals surface area contributed by atoms with Gasteiger partial charge in [-0.25, -0.2) is 0 Å². The average Bonchev–Trinajstić information content (AvgIpc) is 2.45. The van der Waals surface area contributed by atoms with Crippen LogP contribution in [0.15, 0.2) is 24.3 Å². The highest BCUT2D eigenvalue weighted by Crippen LogP contribution is 2.09. The molecule has 0 radical (unpaired) electrons. The van der Waals surface area contributed by atoms with Crippen molar-refractivity contribution >= 4 is 22.6 Å². The Kier molecular flexibility index (Phi) is 6.61. The van der Waals surface area contributed by atoms with Gasteiger partial charge in [0, 0.05) is 23.2 Å². The van der Waals surface area contributed by atoms with Gasteiger partial charge in [-0.2, -0.15) is 0 Å². The first-order valence-corrected chi connectivity index (χ1v) is 8.47. The van der Waals surface area contributed by atoms with Crippen LogP contribution in [-0.2, 0) is 6.42 Å². The molecule has 0 amide bonds. The van der Waals surface area contributed by atoms with Crippen LogP contribution in [0.4, 0.5) is 0 Å². The summed E-state index contributed by atoms with van der Waals surface area (Å²) in [5.41, 5.74) is 1.45. The number of rotatable bonds is 6. The Morgan fingerprint density at radius 2 is 1.74 bits per heavy atom. The molecule has 106 valence electrons. The maximum atomic E-state index is 2.62. The van der Waals surface area contributed by atoms with E-state index in [4.69, 9.17) is 0 Å². The zero-order valence-electron chi connectivity index (χ0n) is 11.9. The van der Waals surface area contributed by atoms with Crippen molar-refractivity contribution in [3.63, 3.8) is 0 Å². The minimum atomic E-state index is 1.16.